The third-order valence-electron chi connectivity index (χ3n) is 3.31. The number of benzene rings is 2. The topological polar surface area (TPSA) is 26.0 Å². The SMILES string of the molecule is NCC(Cc1ccc(Br)cc1)Cc1cccc(F)c1F. The van der Waals surface area contributed by atoms with Gasteiger partial charge in [-0.2, -0.15) is 0 Å². The minimum atomic E-state index is -0.804. The van der Waals surface area contributed by atoms with E-state index < -0.39 is 11.6 Å². The fourth-order valence-electron chi connectivity index (χ4n) is 2.21. The monoisotopic (exact) mass is 339 g/mol. The van der Waals surface area contributed by atoms with Crippen LogP contribution in [0.1, 0.15) is 11.1 Å². The van der Waals surface area contributed by atoms with Gasteiger partial charge < -0.3 is 5.73 Å². The first-order valence-corrected chi connectivity index (χ1v) is 7.27. The van der Waals surface area contributed by atoms with Crippen molar-refractivity contribution in [2.45, 2.75) is 12.8 Å². The van der Waals surface area contributed by atoms with Crippen molar-refractivity contribution in [3.05, 3.63) is 69.7 Å². The maximum atomic E-state index is 13.7. The molecular formula is C16H16BrF2N. The molecule has 0 aliphatic heterocycles. The molecule has 1 nitrogen and oxygen atoms in total. The van der Waals surface area contributed by atoms with Crippen molar-refractivity contribution >= 4 is 15.9 Å². The summed E-state index contributed by atoms with van der Waals surface area (Å²) in [5.74, 6) is -1.48. The highest BCUT2D eigenvalue weighted by Crippen LogP contribution is 2.19. The highest BCUT2D eigenvalue weighted by Gasteiger charge is 2.14. The quantitative estimate of drug-likeness (QED) is 0.872. The zero-order chi connectivity index (χ0) is 14.5. The van der Waals surface area contributed by atoms with Crippen LogP contribution in [0.3, 0.4) is 0 Å². The van der Waals surface area contributed by atoms with E-state index in [-0.39, 0.29) is 5.92 Å². The van der Waals surface area contributed by atoms with E-state index in [1.54, 1.807) is 6.07 Å². The third kappa shape index (κ3) is 3.87. The maximum Gasteiger partial charge on any atom is 0.162 e. The predicted molar refractivity (Wildman–Crippen MR) is 80.5 cm³/mol. The zero-order valence-electron chi connectivity index (χ0n) is 11.0. The van der Waals surface area contributed by atoms with Crippen molar-refractivity contribution in [2.75, 3.05) is 6.54 Å². The molecule has 0 saturated heterocycles. The van der Waals surface area contributed by atoms with Gasteiger partial charge in [0, 0.05) is 4.47 Å². The maximum absolute atomic E-state index is 13.7. The smallest absolute Gasteiger partial charge is 0.162 e. The molecule has 0 spiro atoms. The van der Waals surface area contributed by atoms with Gasteiger partial charge in [0.2, 0.25) is 0 Å². The van der Waals surface area contributed by atoms with E-state index in [0.29, 0.717) is 18.5 Å². The van der Waals surface area contributed by atoms with Gasteiger partial charge in [0.25, 0.3) is 0 Å². The summed E-state index contributed by atoms with van der Waals surface area (Å²) < 4.78 is 27.9. The van der Waals surface area contributed by atoms with Gasteiger partial charge in [-0.25, -0.2) is 8.78 Å². The summed E-state index contributed by atoms with van der Waals surface area (Å²) >= 11 is 3.38. The Balaban J connectivity index is 2.09. The molecule has 1 unspecified atom stereocenters. The van der Waals surface area contributed by atoms with Crippen LogP contribution in [0.5, 0.6) is 0 Å². The standard InChI is InChI=1S/C16H16BrF2N/c17-14-6-4-11(5-7-14)8-12(10-20)9-13-2-1-3-15(18)16(13)19/h1-7,12H,8-10,20H2. The minimum absolute atomic E-state index is 0.0903. The Hall–Kier alpha value is -1.26. The molecule has 20 heavy (non-hydrogen) atoms. The number of nitrogens with two attached hydrogens (primary N) is 1. The largest absolute Gasteiger partial charge is 0.330 e. The van der Waals surface area contributed by atoms with Gasteiger partial charge in [0.05, 0.1) is 0 Å². The number of halogens is 3. The van der Waals surface area contributed by atoms with Crippen molar-refractivity contribution in [2.24, 2.45) is 11.7 Å². The molecule has 4 heteroatoms. The van der Waals surface area contributed by atoms with Crippen molar-refractivity contribution < 1.29 is 8.78 Å². The first kappa shape index (κ1) is 15.1. The summed E-state index contributed by atoms with van der Waals surface area (Å²) in [4.78, 5) is 0. The zero-order valence-corrected chi connectivity index (χ0v) is 12.5. The van der Waals surface area contributed by atoms with E-state index in [4.69, 9.17) is 5.73 Å². The van der Waals surface area contributed by atoms with Gasteiger partial charge in [0.1, 0.15) is 0 Å². The van der Waals surface area contributed by atoms with E-state index >= 15 is 0 Å². The molecule has 0 aliphatic carbocycles. The second-order valence-electron chi connectivity index (χ2n) is 4.85. The van der Waals surface area contributed by atoms with Crippen LogP contribution in [0, 0.1) is 17.6 Å². The van der Waals surface area contributed by atoms with Gasteiger partial charge >= 0.3 is 0 Å². The summed E-state index contributed by atoms with van der Waals surface area (Å²) in [5, 5.41) is 0. The lowest BCUT2D eigenvalue weighted by Gasteiger charge is -2.15. The molecule has 0 radical (unpaired) electrons. The molecule has 1 atom stereocenters. The minimum Gasteiger partial charge on any atom is -0.330 e. The second kappa shape index (κ2) is 6.95. The Morgan fingerprint density at radius 1 is 1.00 bits per heavy atom. The highest BCUT2D eigenvalue weighted by molar-refractivity contribution is 9.10. The molecule has 0 fully saturated rings. The first-order chi connectivity index (χ1) is 9.60. The van der Waals surface area contributed by atoms with Gasteiger partial charge in [-0.3, -0.25) is 0 Å². The molecule has 0 aliphatic rings. The van der Waals surface area contributed by atoms with E-state index in [1.165, 1.54) is 6.07 Å². The second-order valence-corrected chi connectivity index (χ2v) is 5.77. The molecule has 0 aromatic heterocycles. The lowest BCUT2D eigenvalue weighted by atomic mass is 9.92. The molecule has 2 N–H and O–H groups in total. The van der Waals surface area contributed by atoms with E-state index in [9.17, 15) is 8.78 Å². The van der Waals surface area contributed by atoms with Gasteiger partial charge in [-0.15, -0.1) is 0 Å². The Labute approximate surface area is 125 Å². The summed E-state index contributed by atoms with van der Waals surface area (Å²) in [7, 11) is 0. The molecular weight excluding hydrogens is 324 g/mol. The van der Waals surface area contributed by atoms with Crippen LogP contribution in [0.25, 0.3) is 0 Å². The Bertz CT molecular complexity index is 569. The molecule has 106 valence electrons. The number of hydrogen-bond acceptors (Lipinski definition) is 1. The van der Waals surface area contributed by atoms with Gasteiger partial charge in [-0.05, 0) is 54.6 Å². The van der Waals surface area contributed by atoms with Crippen LogP contribution in [0.4, 0.5) is 8.78 Å². The summed E-state index contributed by atoms with van der Waals surface area (Å²) in [6.45, 7) is 0.437. The Morgan fingerprint density at radius 2 is 1.70 bits per heavy atom. The lowest BCUT2D eigenvalue weighted by molar-refractivity contribution is 0.473. The molecule has 2 aromatic carbocycles. The summed E-state index contributed by atoms with van der Waals surface area (Å²) in [6.07, 6.45) is 1.19. The van der Waals surface area contributed by atoms with Crippen molar-refractivity contribution in [1.82, 2.24) is 0 Å². The van der Waals surface area contributed by atoms with Crippen LogP contribution in [0.15, 0.2) is 46.9 Å². The van der Waals surface area contributed by atoms with Crippen molar-refractivity contribution in [3.8, 4) is 0 Å². The molecule has 2 aromatic rings. The summed E-state index contributed by atoms with van der Waals surface area (Å²) in [6, 6.07) is 12.2. The molecule has 0 amide bonds. The summed E-state index contributed by atoms with van der Waals surface area (Å²) in [5.41, 5.74) is 7.29. The fraction of sp³-hybridized carbons (Fsp3) is 0.250. The van der Waals surface area contributed by atoms with E-state index in [1.807, 2.05) is 24.3 Å². The Kier molecular flexibility index (Phi) is 5.26. The van der Waals surface area contributed by atoms with Crippen LogP contribution >= 0.6 is 15.9 Å². The van der Waals surface area contributed by atoms with Crippen LogP contribution in [-0.4, -0.2) is 6.54 Å². The van der Waals surface area contributed by atoms with Crippen LogP contribution in [0.2, 0.25) is 0 Å². The molecule has 0 saturated carbocycles. The number of hydrogen-bond donors (Lipinski definition) is 1. The number of rotatable bonds is 5. The average molecular weight is 340 g/mol. The fourth-order valence-corrected chi connectivity index (χ4v) is 2.47. The van der Waals surface area contributed by atoms with E-state index in [0.717, 1.165) is 22.5 Å². The average Bonchev–Trinajstić information content (AvgIpc) is 2.45. The molecule has 0 bridgehead atoms. The van der Waals surface area contributed by atoms with E-state index in [2.05, 4.69) is 15.9 Å². The normalized spacial score (nSPS) is 12.4. The van der Waals surface area contributed by atoms with Gasteiger partial charge in [0.15, 0.2) is 11.6 Å². The van der Waals surface area contributed by atoms with Gasteiger partial charge in [-0.1, -0.05) is 40.2 Å². The first-order valence-electron chi connectivity index (χ1n) is 6.47. The third-order valence-corrected chi connectivity index (χ3v) is 3.84. The molecule has 0 heterocycles. The van der Waals surface area contributed by atoms with Crippen molar-refractivity contribution in [1.29, 1.82) is 0 Å². The highest BCUT2D eigenvalue weighted by atomic mass is 79.9. The van der Waals surface area contributed by atoms with Crippen LogP contribution in [-0.2, 0) is 12.8 Å². The lowest BCUT2D eigenvalue weighted by Crippen LogP contribution is -2.20. The van der Waals surface area contributed by atoms with Crippen LogP contribution < -0.4 is 5.73 Å². The Morgan fingerprint density at radius 3 is 2.35 bits per heavy atom. The predicted octanol–water partition coefficient (Wildman–Crippen LogP) is 4.09. The van der Waals surface area contributed by atoms with Crippen molar-refractivity contribution in [3.63, 3.8) is 0 Å². The molecule has 2 rings (SSSR count).